The van der Waals surface area contributed by atoms with Crippen molar-refractivity contribution in [3.05, 3.63) is 70.7 Å². The molecular formula is C24H22ClN6O2S. The van der Waals surface area contributed by atoms with Crippen molar-refractivity contribution in [2.24, 2.45) is 11.5 Å². The molecule has 2 aromatic heterocycles. The number of halogens is 1. The van der Waals surface area contributed by atoms with Crippen LogP contribution in [0.3, 0.4) is 0 Å². The van der Waals surface area contributed by atoms with Gasteiger partial charge >= 0.3 is 0 Å². The minimum atomic E-state index is -0.553. The van der Waals surface area contributed by atoms with E-state index in [9.17, 15) is 9.59 Å². The molecule has 1 aliphatic heterocycles. The zero-order chi connectivity index (χ0) is 23.8. The summed E-state index contributed by atoms with van der Waals surface area (Å²) in [5, 5.41) is 1.12. The summed E-state index contributed by atoms with van der Waals surface area (Å²) in [4.78, 5) is 35.7. The maximum Gasteiger partial charge on any atom is 0.261 e. The normalized spacial score (nSPS) is 16.7. The van der Waals surface area contributed by atoms with Gasteiger partial charge in [-0.05, 0) is 55.6 Å². The van der Waals surface area contributed by atoms with Crippen LogP contribution in [-0.4, -0.2) is 43.8 Å². The summed E-state index contributed by atoms with van der Waals surface area (Å²) in [6.07, 6.45) is 5.38. The first kappa shape index (κ1) is 22.5. The smallest absolute Gasteiger partial charge is 0.261 e. The highest BCUT2D eigenvalue weighted by molar-refractivity contribution is 7.16. The Morgan fingerprint density at radius 1 is 1.18 bits per heavy atom. The van der Waals surface area contributed by atoms with Gasteiger partial charge in [0.1, 0.15) is 11.2 Å². The number of imidazole rings is 1. The van der Waals surface area contributed by atoms with Gasteiger partial charge in [-0.3, -0.25) is 19.1 Å². The quantitative estimate of drug-likeness (QED) is 0.425. The van der Waals surface area contributed by atoms with Crippen molar-refractivity contribution in [3.63, 3.8) is 0 Å². The number of amides is 2. The van der Waals surface area contributed by atoms with Gasteiger partial charge in [0.25, 0.3) is 5.91 Å². The number of thiazole rings is 1. The molecule has 2 aromatic carbocycles. The Morgan fingerprint density at radius 2 is 2.03 bits per heavy atom. The average Bonchev–Trinajstić information content (AvgIpc) is 3.43. The lowest BCUT2D eigenvalue weighted by molar-refractivity contribution is -0.124. The third-order valence-electron chi connectivity index (χ3n) is 5.92. The van der Waals surface area contributed by atoms with Gasteiger partial charge in [-0.25, -0.2) is 9.97 Å². The Bertz CT molecular complexity index is 1400. The number of rotatable bonds is 6. The molecule has 1 fully saturated rings. The first-order valence-electron chi connectivity index (χ1n) is 10.8. The van der Waals surface area contributed by atoms with E-state index in [1.165, 1.54) is 11.3 Å². The molecule has 5 rings (SSSR count). The standard InChI is InChI=1S/C24H22ClN6O2S/c25-16-5-3-4-15(11-16)20-21(23(27)33)34-24(29-20)31-13-28-17-8-7-14(10-19(17)31)12-30-9-2-1-6-18(30)22(26)32/h1,3-5,7-8,10-11,13,18H,2,6,9,12H2,(H2,26,32)(H2,27,33). The molecule has 4 aromatic rings. The second kappa shape index (κ2) is 9.17. The van der Waals surface area contributed by atoms with E-state index in [1.807, 2.05) is 28.8 Å². The molecule has 0 saturated carbocycles. The second-order valence-electron chi connectivity index (χ2n) is 8.19. The molecule has 1 radical (unpaired) electrons. The summed E-state index contributed by atoms with van der Waals surface area (Å²) >= 11 is 7.35. The van der Waals surface area contributed by atoms with Crippen molar-refractivity contribution >= 4 is 45.8 Å². The molecule has 1 saturated heterocycles. The molecule has 1 atom stereocenters. The molecule has 1 aliphatic rings. The van der Waals surface area contributed by atoms with Crippen molar-refractivity contribution in [1.29, 1.82) is 0 Å². The molecule has 1 unspecified atom stereocenters. The maximum absolute atomic E-state index is 12.2. The minimum absolute atomic E-state index is 0.299. The minimum Gasteiger partial charge on any atom is -0.368 e. The topological polar surface area (TPSA) is 120 Å². The van der Waals surface area contributed by atoms with E-state index in [-0.39, 0.29) is 11.9 Å². The summed E-state index contributed by atoms with van der Waals surface area (Å²) in [6.45, 7) is 1.38. The van der Waals surface area contributed by atoms with Crippen LogP contribution in [0, 0.1) is 6.42 Å². The van der Waals surface area contributed by atoms with E-state index >= 15 is 0 Å². The van der Waals surface area contributed by atoms with Crippen molar-refractivity contribution in [3.8, 4) is 16.4 Å². The van der Waals surface area contributed by atoms with Crippen molar-refractivity contribution in [1.82, 2.24) is 19.4 Å². The zero-order valence-electron chi connectivity index (χ0n) is 18.1. The highest BCUT2D eigenvalue weighted by atomic mass is 35.5. The van der Waals surface area contributed by atoms with Crippen molar-refractivity contribution < 1.29 is 9.59 Å². The lowest BCUT2D eigenvalue weighted by Gasteiger charge is -2.33. The Labute approximate surface area is 205 Å². The van der Waals surface area contributed by atoms with Crippen LogP contribution in [-0.2, 0) is 11.3 Å². The molecular weight excluding hydrogens is 472 g/mol. The number of hydrogen-bond acceptors (Lipinski definition) is 6. The number of hydrogen-bond donors (Lipinski definition) is 2. The number of nitrogens with two attached hydrogens (primary N) is 2. The number of piperidine rings is 1. The summed E-state index contributed by atoms with van der Waals surface area (Å²) in [5.41, 5.74) is 15.2. The number of aromatic nitrogens is 3. The molecule has 10 heteroatoms. The van der Waals surface area contributed by atoms with Gasteiger partial charge in [-0.2, -0.15) is 0 Å². The van der Waals surface area contributed by atoms with Crippen LogP contribution in [0.5, 0.6) is 0 Å². The predicted octanol–water partition coefficient (Wildman–Crippen LogP) is 3.56. The third-order valence-corrected chi connectivity index (χ3v) is 7.22. The molecule has 173 valence electrons. The van der Waals surface area contributed by atoms with Crippen LogP contribution in [0.15, 0.2) is 48.8 Å². The number of benzene rings is 2. The van der Waals surface area contributed by atoms with Gasteiger partial charge in [0.05, 0.1) is 22.8 Å². The molecule has 0 spiro atoms. The first-order valence-corrected chi connectivity index (χ1v) is 12.0. The van der Waals surface area contributed by atoms with Gasteiger partial charge in [-0.15, -0.1) is 0 Å². The number of nitrogens with zero attached hydrogens (tertiary/aromatic N) is 4. The Hall–Kier alpha value is -3.27. The molecule has 3 heterocycles. The van der Waals surface area contributed by atoms with E-state index in [4.69, 9.17) is 28.1 Å². The zero-order valence-corrected chi connectivity index (χ0v) is 19.7. The van der Waals surface area contributed by atoms with Crippen molar-refractivity contribution in [2.45, 2.75) is 25.4 Å². The number of likely N-dealkylation sites (tertiary alicyclic amines) is 1. The Kier molecular flexibility index (Phi) is 6.07. The lowest BCUT2D eigenvalue weighted by atomic mass is 10.0. The fourth-order valence-corrected chi connectivity index (χ4v) is 5.39. The predicted molar refractivity (Wildman–Crippen MR) is 133 cm³/mol. The lowest BCUT2D eigenvalue weighted by Crippen LogP contribution is -2.47. The van der Waals surface area contributed by atoms with E-state index in [2.05, 4.69) is 16.3 Å². The molecule has 0 bridgehead atoms. The molecule has 34 heavy (non-hydrogen) atoms. The summed E-state index contributed by atoms with van der Waals surface area (Å²) in [7, 11) is 0. The number of fused-ring (bicyclic) bond motifs is 1. The second-order valence-corrected chi connectivity index (χ2v) is 9.60. The average molecular weight is 494 g/mol. The summed E-state index contributed by atoms with van der Waals surface area (Å²) in [5.74, 6) is -0.861. The SMILES string of the molecule is NC(=O)c1sc(-n2cnc3ccc(CN4CC[CH]CC4C(N)=O)cc32)nc1-c1cccc(Cl)c1. The van der Waals surface area contributed by atoms with Crippen LogP contribution in [0.2, 0.25) is 5.02 Å². The Balaban J connectivity index is 1.53. The van der Waals surface area contributed by atoms with Gasteiger partial charge in [0, 0.05) is 17.1 Å². The highest BCUT2D eigenvalue weighted by Gasteiger charge is 2.27. The van der Waals surface area contributed by atoms with Crippen molar-refractivity contribution in [2.75, 3.05) is 6.54 Å². The summed E-state index contributed by atoms with van der Waals surface area (Å²) < 4.78 is 1.85. The fraction of sp³-hybridized carbons (Fsp3) is 0.208. The monoisotopic (exact) mass is 493 g/mol. The third kappa shape index (κ3) is 4.29. The van der Waals surface area contributed by atoms with Crippen LogP contribution < -0.4 is 11.5 Å². The van der Waals surface area contributed by atoms with Crippen LogP contribution in [0.25, 0.3) is 27.4 Å². The molecule has 2 amide bonds. The van der Waals surface area contributed by atoms with Gasteiger partial charge in [0.2, 0.25) is 5.91 Å². The van der Waals surface area contributed by atoms with E-state index in [0.717, 1.165) is 29.6 Å². The summed E-state index contributed by atoms with van der Waals surface area (Å²) in [6, 6.07) is 12.8. The van der Waals surface area contributed by atoms with Crippen LogP contribution in [0.4, 0.5) is 0 Å². The molecule has 4 N–H and O–H groups in total. The van der Waals surface area contributed by atoms with Crippen LogP contribution in [0.1, 0.15) is 28.1 Å². The van der Waals surface area contributed by atoms with E-state index in [0.29, 0.717) is 39.3 Å². The molecule has 8 nitrogen and oxygen atoms in total. The van der Waals surface area contributed by atoms with E-state index in [1.54, 1.807) is 24.5 Å². The fourth-order valence-electron chi connectivity index (χ4n) is 4.27. The van der Waals surface area contributed by atoms with Gasteiger partial charge in [-0.1, -0.05) is 41.1 Å². The number of primary amides is 2. The van der Waals surface area contributed by atoms with Gasteiger partial charge < -0.3 is 11.5 Å². The Morgan fingerprint density at radius 3 is 2.79 bits per heavy atom. The highest BCUT2D eigenvalue weighted by Crippen LogP contribution is 2.33. The first-order chi connectivity index (χ1) is 16.4. The number of carbonyl (C=O) groups excluding carboxylic acids is 2. The molecule has 0 aliphatic carbocycles. The van der Waals surface area contributed by atoms with Gasteiger partial charge in [0.15, 0.2) is 5.13 Å². The largest absolute Gasteiger partial charge is 0.368 e. The van der Waals surface area contributed by atoms with E-state index < -0.39 is 5.91 Å². The van der Waals surface area contributed by atoms with Crippen LogP contribution >= 0.6 is 22.9 Å². The maximum atomic E-state index is 12.2. The number of carbonyl (C=O) groups is 2.